The van der Waals surface area contributed by atoms with E-state index in [4.69, 9.17) is 9.47 Å². The number of carboxylic acid groups (broad SMARTS) is 1. The van der Waals surface area contributed by atoms with Crippen molar-refractivity contribution in [2.45, 2.75) is 206 Å². The fourth-order valence-corrected chi connectivity index (χ4v) is 7.17. The Balaban J connectivity index is 2.40. The van der Waals surface area contributed by atoms with E-state index in [0.717, 1.165) is 56.9 Å². The molecule has 0 aliphatic carbocycles. The number of quaternary nitrogens is 1. The third-order valence-electron chi connectivity index (χ3n) is 10.5. The molecule has 0 saturated carbocycles. The minimum atomic E-state index is -0.952. The molecule has 1 N–H and O–H groups in total. The molecule has 0 heterocycles. The largest absolute Gasteiger partial charge is 0.478 e. The number of hydrogen-bond acceptors (Lipinski definition) is 5. The van der Waals surface area contributed by atoms with E-state index in [0.29, 0.717) is 30.4 Å². The summed E-state index contributed by atoms with van der Waals surface area (Å²) in [5.74, 6) is -1.44. The minimum Gasteiger partial charge on any atom is -0.478 e. The van der Waals surface area contributed by atoms with Crippen LogP contribution >= 0.6 is 0 Å². The number of rotatable bonds is 38. The van der Waals surface area contributed by atoms with Gasteiger partial charge in [-0.05, 0) is 76.3 Å². The van der Waals surface area contributed by atoms with Gasteiger partial charge in [-0.15, -0.1) is 0 Å². The van der Waals surface area contributed by atoms with Crippen molar-refractivity contribution in [1.29, 1.82) is 0 Å². The van der Waals surface area contributed by atoms with Crippen molar-refractivity contribution in [1.82, 2.24) is 0 Å². The third-order valence-corrected chi connectivity index (χ3v) is 10.5. The van der Waals surface area contributed by atoms with Crippen LogP contribution in [0, 0.1) is 0 Å². The zero-order valence-electron chi connectivity index (χ0n) is 36.6. The summed E-state index contributed by atoms with van der Waals surface area (Å²) in [5, 5.41) is 9.26. The van der Waals surface area contributed by atoms with E-state index in [1.807, 2.05) is 26.2 Å². The first kappa shape index (κ1) is 51.1. The molecule has 1 unspecified atom stereocenters. The van der Waals surface area contributed by atoms with Crippen LogP contribution in [0.5, 0.6) is 0 Å². The molecule has 56 heavy (non-hydrogen) atoms. The van der Waals surface area contributed by atoms with Gasteiger partial charge in [-0.3, -0.25) is 9.59 Å². The Morgan fingerprint density at radius 1 is 0.571 bits per heavy atom. The van der Waals surface area contributed by atoms with E-state index in [1.165, 1.54) is 116 Å². The summed E-state index contributed by atoms with van der Waals surface area (Å²) in [5.41, 5.74) is 1.24. The second kappa shape index (κ2) is 35.2. The van der Waals surface area contributed by atoms with Gasteiger partial charge < -0.3 is 19.1 Å². The van der Waals surface area contributed by atoms with Crippen molar-refractivity contribution in [2.24, 2.45) is 0 Å². The Labute approximate surface area is 343 Å². The zero-order valence-corrected chi connectivity index (χ0v) is 36.6. The SMILES string of the molecule is CCCCCCCC/C=C\CCCCCCCC(=O)OCC(C[N+](C)(C)Cc1ccc(C(=O)O)cc1)OC(=O)CCCCCCC/C=C\CCCCCCCC. The summed E-state index contributed by atoms with van der Waals surface area (Å²) >= 11 is 0. The van der Waals surface area contributed by atoms with Gasteiger partial charge in [-0.2, -0.15) is 0 Å². The van der Waals surface area contributed by atoms with E-state index < -0.39 is 12.1 Å². The van der Waals surface area contributed by atoms with E-state index in [1.54, 1.807) is 12.1 Å². The van der Waals surface area contributed by atoms with Crippen LogP contribution in [0.15, 0.2) is 48.6 Å². The summed E-state index contributed by atoms with van der Waals surface area (Å²) in [6.07, 6.45) is 40.9. The lowest BCUT2D eigenvalue weighted by Crippen LogP contribution is -2.47. The molecule has 0 amide bonds. The Morgan fingerprint density at radius 2 is 0.964 bits per heavy atom. The molecular formula is C49H84NO6+. The summed E-state index contributed by atoms with van der Waals surface area (Å²) in [6, 6.07) is 6.87. The molecule has 1 aromatic carbocycles. The number of aromatic carboxylic acids is 1. The second-order valence-electron chi connectivity index (χ2n) is 16.7. The number of benzene rings is 1. The molecular weight excluding hydrogens is 699 g/mol. The van der Waals surface area contributed by atoms with E-state index >= 15 is 0 Å². The molecule has 7 nitrogen and oxygen atoms in total. The predicted octanol–water partition coefficient (Wildman–Crippen LogP) is 13.5. The standard InChI is InChI=1S/C49H83NO6/c1-5-7-9-11-13-15-17-19-21-23-25-27-29-31-33-35-47(51)55-43-46(42-50(3,4)41-44-37-39-45(40-38-44)49(53)54)56-48(52)36-34-32-30-28-26-24-22-20-18-16-14-12-10-8-6-2/h19-22,37-40,46H,5-18,23-36,41-43H2,1-4H3/p+1/b21-19-,22-20-. The van der Waals surface area contributed by atoms with Crippen molar-refractivity contribution >= 4 is 17.9 Å². The summed E-state index contributed by atoms with van der Waals surface area (Å²) < 4.78 is 12.1. The number of ether oxygens (including phenoxy) is 2. The van der Waals surface area contributed by atoms with Crippen molar-refractivity contribution in [3.63, 3.8) is 0 Å². The average Bonchev–Trinajstić information content (AvgIpc) is 3.16. The van der Waals surface area contributed by atoms with Gasteiger partial charge in [0.25, 0.3) is 0 Å². The quantitative estimate of drug-likeness (QED) is 0.0311. The minimum absolute atomic E-state index is 0.0433. The number of hydrogen-bond donors (Lipinski definition) is 1. The first-order valence-electron chi connectivity index (χ1n) is 23.0. The molecule has 0 radical (unpaired) electrons. The van der Waals surface area contributed by atoms with Crippen LogP contribution in [0.2, 0.25) is 0 Å². The fraction of sp³-hybridized carbons (Fsp3) is 0.735. The number of unbranched alkanes of at least 4 members (excludes halogenated alkanes) is 22. The summed E-state index contributed by atoms with van der Waals surface area (Å²) in [7, 11) is 4.09. The number of likely N-dealkylation sites (N-methyl/N-ethyl adjacent to an activating group) is 1. The molecule has 0 saturated heterocycles. The Morgan fingerprint density at radius 3 is 1.39 bits per heavy atom. The fourth-order valence-electron chi connectivity index (χ4n) is 7.17. The first-order chi connectivity index (χ1) is 27.2. The molecule has 0 aromatic heterocycles. The van der Waals surface area contributed by atoms with Crippen LogP contribution in [-0.2, 0) is 25.6 Å². The molecule has 7 heteroatoms. The van der Waals surface area contributed by atoms with Gasteiger partial charge in [0.15, 0.2) is 6.10 Å². The maximum Gasteiger partial charge on any atom is 0.335 e. The van der Waals surface area contributed by atoms with Gasteiger partial charge in [-0.1, -0.05) is 153 Å². The van der Waals surface area contributed by atoms with Gasteiger partial charge >= 0.3 is 17.9 Å². The smallest absolute Gasteiger partial charge is 0.335 e. The number of carbonyl (C=O) groups excluding carboxylic acids is 2. The summed E-state index contributed by atoms with van der Waals surface area (Å²) in [4.78, 5) is 37.0. The highest BCUT2D eigenvalue weighted by atomic mass is 16.6. The molecule has 0 bridgehead atoms. The van der Waals surface area contributed by atoms with Crippen molar-refractivity contribution in [3.8, 4) is 0 Å². The van der Waals surface area contributed by atoms with E-state index in [-0.39, 0.29) is 24.1 Å². The second-order valence-corrected chi connectivity index (χ2v) is 16.7. The predicted molar refractivity (Wildman–Crippen MR) is 234 cm³/mol. The molecule has 1 aromatic rings. The lowest BCUT2D eigenvalue weighted by Gasteiger charge is -2.33. The maximum absolute atomic E-state index is 13.0. The maximum atomic E-state index is 13.0. The Bertz CT molecular complexity index is 1170. The summed E-state index contributed by atoms with van der Waals surface area (Å²) in [6.45, 7) is 5.65. The van der Waals surface area contributed by atoms with Crippen LogP contribution in [0.3, 0.4) is 0 Å². The van der Waals surface area contributed by atoms with E-state index in [2.05, 4.69) is 38.2 Å². The normalized spacial score (nSPS) is 12.4. The monoisotopic (exact) mass is 783 g/mol. The number of allylic oxidation sites excluding steroid dienone is 4. The highest BCUT2D eigenvalue weighted by Crippen LogP contribution is 2.16. The van der Waals surface area contributed by atoms with Crippen LogP contribution in [0.1, 0.15) is 210 Å². The zero-order chi connectivity index (χ0) is 41.0. The Kier molecular flexibility index (Phi) is 32.2. The average molecular weight is 783 g/mol. The third kappa shape index (κ3) is 31.2. The first-order valence-corrected chi connectivity index (χ1v) is 23.0. The van der Waals surface area contributed by atoms with E-state index in [9.17, 15) is 19.5 Å². The lowest BCUT2D eigenvalue weighted by atomic mass is 10.1. The van der Waals surface area contributed by atoms with Crippen molar-refractivity contribution in [3.05, 3.63) is 59.7 Å². The van der Waals surface area contributed by atoms with Crippen molar-refractivity contribution < 1.29 is 33.4 Å². The molecule has 0 fully saturated rings. The molecule has 320 valence electrons. The van der Waals surface area contributed by atoms with Gasteiger partial charge in [0.05, 0.1) is 19.7 Å². The van der Waals surface area contributed by atoms with Gasteiger partial charge in [0.2, 0.25) is 0 Å². The van der Waals surface area contributed by atoms with Crippen LogP contribution in [0.4, 0.5) is 0 Å². The number of nitrogens with zero attached hydrogens (tertiary/aromatic N) is 1. The van der Waals surface area contributed by atoms with Gasteiger partial charge in [0.1, 0.15) is 19.7 Å². The van der Waals surface area contributed by atoms with Crippen LogP contribution in [-0.4, -0.2) is 60.8 Å². The molecule has 0 spiro atoms. The van der Waals surface area contributed by atoms with Crippen LogP contribution in [0.25, 0.3) is 0 Å². The Hall–Kier alpha value is -2.93. The van der Waals surface area contributed by atoms with Gasteiger partial charge in [0, 0.05) is 18.4 Å². The van der Waals surface area contributed by atoms with Gasteiger partial charge in [-0.25, -0.2) is 4.79 Å². The lowest BCUT2D eigenvalue weighted by molar-refractivity contribution is -0.906. The molecule has 1 rings (SSSR count). The number of carboxylic acids is 1. The topological polar surface area (TPSA) is 89.9 Å². The number of carbonyl (C=O) groups is 3. The highest BCUT2D eigenvalue weighted by Gasteiger charge is 2.27. The molecule has 0 aliphatic rings. The number of esters is 2. The van der Waals surface area contributed by atoms with Crippen molar-refractivity contribution in [2.75, 3.05) is 27.2 Å². The highest BCUT2D eigenvalue weighted by molar-refractivity contribution is 5.87. The van der Waals surface area contributed by atoms with Crippen LogP contribution < -0.4 is 0 Å². The molecule has 1 atom stereocenters. The molecule has 0 aliphatic heterocycles.